The Balaban J connectivity index is 1.45. The van der Waals surface area contributed by atoms with Crippen molar-refractivity contribution in [3.63, 3.8) is 0 Å². The number of hydrogen-bond donors (Lipinski definition) is 2. The fourth-order valence-corrected chi connectivity index (χ4v) is 4.26. The molecule has 0 spiro atoms. The summed E-state index contributed by atoms with van der Waals surface area (Å²) in [6.45, 7) is 2.30. The van der Waals surface area contributed by atoms with E-state index in [1.807, 2.05) is 55.5 Å². The number of aryl methyl sites for hydroxylation is 1. The van der Waals surface area contributed by atoms with Crippen molar-refractivity contribution >= 4 is 46.2 Å². The first-order valence-corrected chi connectivity index (χ1v) is 11.2. The van der Waals surface area contributed by atoms with E-state index >= 15 is 0 Å². The predicted molar refractivity (Wildman–Crippen MR) is 135 cm³/mol. The Morgan fingerprint density at radius 2 is 1.71 bits per heavy atom. The number of fused-ring (bicyclic) bond motifs is 2. The Bertz CT molecular complexity index is 1420. The van der Waals surface area contributed by atoms with Crippen molar-refractivity contribution in [2.45, 2.75) is 13.5 Å². The molecule has 1 aliphatic rings. The zero-order valence-electron chi connectivity index (χ0n) is 18.4. The summed E-state index contributed by atoms with van der Waals surface area (Å²) in [4.78, 5) is 32.0. The summed E-state index contributed by atoms with van der Waals surface area (Å²) in [6.07, 6.45) is 1.53. The van der Waals surface area contributed by atoms with E-state index in [9.17, 15) is 9.59 Å². The monoisotopic (exact) mass is 468 g/mol. The lowest BCUT2D eigenvalue weighted by Gasteiger charge is -2.24. The average molecular weight is 469 g/mol. The first kappa shape index (κ1) is 21.7. The molecule has 34 heavy (non-hydrogen) atoms. The molecule has 2 amide bonds. The standard InChI is InChI=1S/C27H21ClN4O2/c1-17-15-19(30-26(33)21-8-6-14-29-25(21)28)12-13-20(17)27(34)32-16-18-7-2-3-9-22(18)31-23-10-4-5-11-24(23)32/h2-15,31H,16H2,1H3,(H,30,33). The van der Waals surface area contributed by atoms with Gasteiger partial charge in [-0.3, -0.25) is 9.59 Å². The largest absolute Gasteiger partial charge is 0.354 e. The number of carbonyl (C=O) groups excluding carboxylic acids is 2. The normalized spacial score (nSPS) is 12.1. The molecule has 6 nitrogen and oxygen atoms in total. The number of hydrogen-bond acceptors (Lipinski definition) is 4. The maximum atomic E-state index is 13.7. The third-order valence-electron chi connectivity index (χ3n) is 5.77. The molecule has 2 heterocycles. The highest BCUT2D eigenvalue weighted by molar-refractivity contribution is 6.33. The molecule has 0 unspecified atom stereocenters. The molecule has 0 radical (unpaired) electrons. The van der Waals surface area contributed by atoms with Crippen LogP contribution in [0.25, 0.3) is 0 Å². The van der Waals surface area contributed by atoms with Gasteiger partial charge in [-0.05, 0) is 66.6 Å². The van der Waals surface area contributed by atoms with Gasteiger partial charge in [0.05, 0.1) is 23.5 Å². The maximum absolute atomic E-state index is 13.7. The molecule has 4 aromatic rings. The molecule has 7 heteroatoms. The number of nitrogens with one attached hydrogen (secondary N) is 2. The number of para-hydroxylation sites is 3. The van der Waals surface area contributed by atoms with Gasteiger partial charge in [-0.25, -0.2) is 4.98 Å². The van der Waals surface area contributed by atoms with Crippen LogP contribution in [0.15, 0.2) is 85.1 Å². The molecule has 3 aromatic carbocycles. The first-order valence-electron chi connectivity index (χ1n) is 10.8. The van der Waals surface area contributed by atoms with E-state index in [-0.39, 0.29) is 22.5 Å². The minimum Gasteiger partial charge on any atom is -0.354 e. The number of amides is 2. The number of benzene rings is 3. The van der Waals surface area contributed by atoms with Gasteiger partial charge in [-0.2, -0.15) is 0 Å². The Kier molecular flexibility index (Phi) is 5.74. The number of anilines is 4. The SMILES string of the molecule is Cc1cc(NC(=O)c2cccnc2Cl)ccc1C(=O)N1Cc2ccccc2Nc2ccccc21. The molecule has 0 aliphatic carbocycles. The van der Waals surface area contributed by atoms with Crippen molar-refractivity contribution < 1.29 is 9.59 Å². The molecule has 5 rings (SSSR count). The molecule has 168 valence electrons. The Morgan fingerprint density at radius 3 is 2.50 bits per heavy atom. The van der Waals surface area contributed by atoms with Crippen molar-refractivity contribution in [1.82, 2.24) is 4.98 Å². The van der Waals surface area contributed by atoms with Crippen LogP contribution >= 0.6 is 11.6 Å². The minimum atomic E-state index is -0.360. The van der Waals surface area contributed by atoms with Gasteiger partial charge in [0.2, 0.25) is 0 Å². The van der Waals surface area contributed by atoms with Crippen molar-refractivity contribution in [1.29, 1.82) is 0 Å². The van der Waals surface area contributed by atoms with Gasteiger partial charge in [0.25, 0.3) is 11.8 Å². The Labute approximate surface area is 202 Å². The summed E-state index contributed by atoms with van der Waals surface area (Å²) >= 11 is 6.03. The van der Waals surface area contributed by atoms with Crippen LogP contribution in [-0.2, 0) is 6.54 Å². The molecule has 0 fully saturated rings. The van der Waals surface area contributed by atoms with Crippen LogP contribution in [0.4, 0.5) is 22.7 Å². The molecule has 0 bridgehead atoms. The average Bonchev–Trinajstić information content (AvgIpc) is 3.01. The minimum absolute atomic E-state index is 0.114. The quantitative estimate of drug-likeness (QED) is 0.351. The predicted octanol–water partition coefficient (Wildman–Crippen LogP) is 6.20. The Hall–Kier alpha value is -4.16. The van der Waals surface area contributed by atoms with Crippen molar-refractivity contribution in [2.24, 2.45) is 0 Å². The van der Waals surface area contributed by atoms with Crippen molar-refractivity contribution in [3.8, 4) is 0 Å². The summed E-state index contributed by atoms with van der Waals surface area (Å²) in [5, 5.41) is 6.41. The second-order valence-electron chi connectivity index (χ2n) is 8.02. The first-order chi connectivity index (χ1) is 16.5. The van der Waals surface area contributed by atoms with E-state index in [0.717, 1.165) is 28.2 Å². The van der Waals surface area contributed by atoms with Crippen molar-refractivity contribution in [3.05, 3.63) is 112 Å². The zero-order chi connectivity index (χ0) is 23.7. The lowest BCUT2D eigenvalue weighted by atomic mass is 10.0. The number of carbonyl (C=O) groups is 2. The van der Waals surface area contributed by atoms with E-state index in [1.165, 1.54) is 6.20 Å². The smallest absolute Gasteiger partial charge is 0.258 e. The number of nitrogens with zero attached hydrogens (tertiary/aromatic N) is 2. The van der Waals surface area contributed by atoms with Crippen LogP contribution in [0, 0.1) is 6.92 Å². The van der Waals surface area contributed by atoms with Crippen LogP contribution < -0.4 is 15.5 Å². The lowest BCUT2D eigenvalue weighted by molar-refractivity contribution is 0.0983. The Morgan fingerprint density at radius 1 is 0.941 bits per heavy atom. The molecule has 1 aromatic heterocycles. The molecule has 1 aliphatic heterocycles. The molecular weight excluding hydrogens is 448 g/mol. The molecule has 0 saturated heterocycles. The van der Waals surface area contributed by atoms with Crippen LogP contribution in [-0.4, -0.2) is 16.8 Å². The lowest BCUT2D eigenvalue weighted by Crippen LogP contribution is -2.30. The van der Waals surface area contributed by atoms with E-state index < -0.39 is 0 Å². The van der Waals surface area contributed by atoms with Gasteiger partial charge in [-0.1, -0.05) is 41.9 Å². The van der Waals surface area contributed by atoms with E-state index in [0.29, 0.717) is 17.8 Å². The summed E-state index contributed by atoms with van der Waals surface area (Å²) in [6, 6.07) is 24.2. The fourth-order valence-electron chi connectivity index (χ4n) is 4.06. The second-order valence-corrected chi connectivity index (χ2v) is 8.37. The number of rotatable bonds is 3. The summed E-state index contributed by atoms with van der Waals surface area (Å²) in [5.41, 5.74) is 5.87. The molecule has 0 saturated carbocycles. The van der Waals surface area contributed by atoms with Crippen LogP contribution in [0.5, 0.6) is 0 Å². The van der Waals surface area contributed by atoms with E-state index in [2.05, 4.69) is 15.6 Å². The van der Waals surface area contributed by atoms with Gasteiger partial charge in [0, 0.05) is 23.1 Å². The summed E-state index contributed by atoms with van der Waals surface area (Å²) in [5.74, 6) is -0.475. The van der Waals surface area contributed by atoms with Crippen LogP contribution in [0.3, 0.4) is 0 Å². The third-order valence-corrected chi connectivity index (χ3v) is 6.07. The van der Waals surface area contributed by atoms with Crippen LogP contribution in [0.2, 0.25) is 5.15 Å². The number of halogens is 1. The topological polar surface area (TPSA) is 74.3 Å². The second kappa shape index (κ2) is 9.00. The summed E-state index contributed by atoms with van der Waals surface area (Å²) < 4.78 is 0. The molecular formula is C27H21ClN4O2. The highest BCUT2D eigenvalue weighted by atomic mass is 35.5. The highest BCUT2D eigenvalue weighted by Gasteiger charge is 2.25. The van der Waals surface area contributed by atoms with Gasteiger partial charge >= 0.3 is 0 Å². The van der Waals surface area contributed by atoms with E-state index in [4.69, 9.17) is 11.6 Å². The van der Waals surface area contributed by atoms with Gasteiger partial charge in [0.1, 0.15) is 5.15 Å². The summed E-state index contributed by atoms with van der Waals surface area (Å²) in [7, 11) is 0. The van der Waals surface area contributed by atoms with E-state index in [1.54, 1.807) is 35.2 Å². The van der Waals surface area contributed by atoms with Crippen molar-refractivity contribution in [2.75, 3.05) is 15.5 Å². The fraction of sp³-hybridized carbons (Fsp3) is 0.0741. The maximum Gasteiger partial charge on any atom is 0.258 e. The number of aromatic nitrogens is 1. The molecule has 0 atom stereocenters. The van der Waals surface area contributed by atoms with Crippen LogP contribution in [0.1, 0.15) is 31.8 Å². The zero-order valence-corrected chi connectivity index (χ0v) is 19.1. The van der Waals surface area contributed by atoms with Gasteiger partial charge < -0.3 is 15.5 Å². The van der Waals surface area contributed by atoms with Gasteiger partial charge in [-0.15, -0.1) is 0 Å². The van der Waals surface area contributed by atoms with Gasteiger partial charge in [0.15, 0.2) is 0 Å². The molecule has 2 N–H and O–H groups in total. The third kappa shape index (κ3) is 4.11. The number of pyridine rings is 1. The highest BCUT2D eigenvalue weighted by Crippen LogP contribution is 2.36.